The molecule has 1 fully saturated rings. The Bertz CT molecular complexity index is 247. The first-order chi connectivity index (χ1) is 6.88. The Kier molecular flexibility index (Phi) is 3.57. The molecule has 1 saturated carbocycles. The van der Waals surface area contributed by atoms with E-state index in [0.717, 1.165) is 11.8 Å². The summed E-state index contributed by atoms with van der Waals surface area (Å²) in [6.45, 7) is 3.58. The van der Waals surface area contributed by atoms with E-state index >= 15 is 0 Å². The first-order valence-electron chi connectivity index (χ1n) is 5.79. The van der Waals surface area contributed by atoms with Crippen LogP contribution in [0.4, 0.5) is 0 Å². The van der Waals surface area contributed by atoms with Gasteiger partial charge in [0.25, 0.3) is 0 Å². The zero-order valence-electron chi connectivity index (χ0n) is 8.98. The number of rotatable bonds is 3. The fourth-order valence-electron chi connectivity index (χ4n) is 2.49. The van der Waals surface area contributed by atoms with Gasteiger partial charge < -0.3 is 0 Å². The predicted molar refractivity (Wildman–Crippen MR) is 60.3 cm³/mol. The first-order valence-corrected chi connectivity index (χ1v) is 6.74. The molecule has 1 aromatic rings. The molecule has 0 unspecified atom stereocenters. The molecular formula is C12H20NS+. The van der Waals surface area contributed by atoms with Gasteiger partial charge in [-0.25, -0.2) is 0 Å². The van der Waals surface area contributed by atoms with Gasteiger partial charge in [0, 0.05) is 5.92 Å². The molecule has 0 aliphatic heterocycles. The van der Waals surface area contributed by atoms with Gasteiger partial charge in [-0.05, 0) is 31.6 Å². The Labute approximate surface area is 90.8 Å². The maximum atomic E-state index is 2.35. The summed E-state index contributed by atoms with van der Waals surface area (Å²) in [4.78, 5) is 0. The van der Waals surface area contributed by atoms with Gasteiger partial charge in [-0.15, -0.1) is 0 Å². The van der Waals surface area contributed by atoms with E-state index in [2.05, 4.69) is 28.6 Å². The van der Waals surface area contributed by atoms with Gasteiger partial charge in [-0.3, -0.25) is 0 Å². The summed E-state index contributed by atoms with van der Waals surface area (Å²) >= 11 is 1.80. The Morgan fingerprint density at radius 3 is 2.50 bits per heavy atom. The quantitative estimate of drug-likeness (QED) is 0.674. The van der Waals surface area contributed by atoms with Crippen molar-refractivity contribution >= 4 is 11.3 Å². The van der Waals surface area contributed by atoms with Crippen molar-refractivity contribution in [3.05, 3.63) is 17.1 Å². The highest BCUT2D eigenvalue weighted by atomic mass is 32.1. The molecule has 1 aliphatic rings. The van der Waals surface area contributed by atoms with Crippen LogP contribution in [0.1, 0.15) is 39.0 Å². The molecular weight excluding hydrogens is 190 g/mol. The van der Waals surface area contributed by atoms with Crippen molar-refractivity contribution in [2.75, 3.05) is 0 Å². The summed E-state index contributed by atoms with van der Waals surface area (Å²) < 4.78 is 2.35. The summed E-state index contributed by atoms with van der Waals surface area (Å²) in [5.74, 6) is 1.97. The number of hydrogen-bond donors (Lipinski definition) is 0. The van der Waals surface area contributed by atoms with E-state index in [4.69, 9.17) is 0 Å². The van der Waals surface area contributed by atoms with Crippen LogP contribution in [-0.2, 0) is 6.54 Å². The highest BCUT2D eigenvalue weighted by Crippen LogP contribution is 2.30. The molecule has 0 saturated heterocycles. The number of hydrogen-bond acceptors (Lipinski definition) is 1. The third-order valence-electron chi connectivity index (χ3n) is 3.54. The molecule has 1 aliphatic carbocycles. The van der Waals surface area contributed by atoms with Gasteiger partial charge >= 0.3 is 0 Å². The molecule has 0 bridgehead atoms. The lowest BCUT2D eigenvalue weighted by atomic mass is 9.81. The van der Waals surface area contributed by atoms with Crippen LogP contribution >= 0.6 is 11.3 Å². The van der Waals surface area contributed by atoms with E-state index < -0.39 is 0 Å². The third kappa shape index (κ3) is 2.57. The lowest BCUT2D eigenvalue weighted by Crippen LogP contribution is -2.36. The average Bonchev–Trinajstić information content (AvgIpc) is 2.72. The Hall–Kier alpha value is -0.370. The van der Waals surface area contributed by atoms with Gasteiger partial charge in [-0.1, -0.05) is 24.7 Å². The Balaban J connectivity index is 1.79. The van der Waals surface area contributed by atoms with Crippen LogP contribution < -0.4 is 4.57 Å². The molecule has 2 rings (SSSR count). The Morgan fingerprint density at radius 2 is 1.93 bits per heavy atom. The lowest BCUT2D eigenvalue weighted by Gasteiger charge is -2.25. The van der Waals surface area contributed by atoms with E-state index in [-0.39, 0.29) is 0 Å². The van der Waals surface area contributed by atoms with E-state index in [9.17, 15) is 0 Å². The first kappa shape index (κ1) is 10.2. The fraction of sp³-hybridized carbons (Fsp3) is 0.750. The molecule has 0 aromatic carbocycles. The molecule has 78 valence electrons. The normalized spacial score (nSPS) is 27.8. The zero-order chi connectivity index (χ0) is 9.80. The summed E-state index contributed by atoms with van der Waals surface area (Å²) in [5.41, 5.74) is 2.23. The second-order valence-electron chi connectivity index (χ2n) is 4.52. The molecule has 0 spiro atoms. The van der Waals surface area contributed by atoms with Crippen LogP contribution in [0.15, 0.2) is 17.1 Å². The number of aromatic nitrogens is 1. The van der Waals surface area contributed by atoms with Crippen molar-refractivity contribution in [1.82, 2.24) is 0 Å². The smallest absolute Gasteiger partial charge is 0.195 e. The van der Waals surface area contributed by atoms with Gasteiger partial charge in [0.15, 0.2) is 12.7 Å². The second-order valence-corrected chi connectivity index (χ2v) is 5.27. The molecule has 0 radical (unpaired) electrons. The number of thiazole rings is 1. The highest BCUT2D eigenvalue weighted by molar-refractivity contribution is 7.07. The van der Waals surface area contributed by atoms with Crippen molar-refractivity contribution < 1.29 is 4.57 Å². The van der Waals surface area contributed by atoms with Gasteiger partial charge in [0.1, 0.15) is 0 Å². The standard InChI is InChI=1S/C12H20NS/c1-2-11-3-5-12(6-4-11)9-13-7-8-14-10-13/h7-8,10-12H,2-6,9H2,1H3/q+1. The predicted octanol–water partition coefficient (Wildman–Crippen LogP) is 3.25. The van der Waals surface area contributed by atoms with Crippen LogP contribution in [0.3, 0.4) is 0 Å². The summed E-state index contributed by atoms with van der Waals surface area (Å²) in [5, 5.41) is 2.16. The molecule has 2 heteroatoms. The third-order valence-corrected chi connectivity index (χ3v) is 4.21. The van der Waals surface area contributed by atoms with E-state index in [1.165, 1.54) is 38.6 Å². The minimum absolute atomic E-state index is 0.942. The molecule has 14 heavy (non-hydrogen) atoms. The summed E-state index contributed by atoms with van der Waals surface area (Å²) in [6.07, 6.45) is 9.41. The number of nitrogens with zero attached hydrogens (tertiary/aromatic N) is 1. The molecule has 1 aromatic heterocycles. The maximum absolute atomic E-state index is 2.35. The molecule has 0 N–H and O–H groups in total. The van der Waals surface area contributed by atoms with E-state index in [1.807, 2.05) is 0 Å². The van der Waals surface area contributed by atoms with Crippen molar-refractivity contribution in [3.8, 4) is 0 Å². The van der Waals surface area contributed by atoms with Crippen LogP contribution in [0.2, 0.25) is 0 Å². The topological polar surface area (TPSA) is 3.88 Å². The second kappa shape index (κ2) is 4.92. The SMILES string of the molecule is CCC1CCC(C[n+]2ccsc2)CC1. The summed E-state index contributed by atoms with van der Waals surface area (Å²) in [7, 11) is 0. The Morgan fingerprint density at radius 1 is 1.21 bits per heavy atom. The lowest BCUT2D eigenvalue weighted by molar-refractivity contribution is -0.699. The van der Waals surface area contributed by atoms with Crippen molar-refractivity contribution in [1.29, 1.82) is 0 Å². The van der Waals surface area contributed by atoms with Gasteiger partial charge in [0.05, 0.1) is 5.38 Å². The molecule has 0 atom stereocenters. The van der Waals surface area contributed by atoms with Crippen molar-refractivity contribution in [2.45, 2.75) is 45.6 Å². The fourth-order valence-corrected chi connectivity index (χ4v) is 3.10. The monoisotopic (exact) mass is 210 g/mol. The molecule has 1 heterocycles. The van der Waals surface area contributed by atoms with Gasteiger partial charge in [0.2, 0.25) is 5.51 Å². The zero-order valence-corrected chi connectivity index (χ0v) is 9.80. The average molecular weight is 210 g/mol. The van der Waals surface area contributed by atoms with Crippen molar-refractivity contribution in [3.63, 3.8) is 0 Å². The molecule has 0 amide bonds. The minimum atomic E-state index is 0.942. The highest BCUT2D eigenvalue weighted by Gasteiger charge is 2.22. The van der Waals surface area contributed by atoms with Crippen LogP contribution in [0, 0.1) is 11.8 Å². The van der Waals surface area contributed by atoms with Gasteiger partial charge in [-0.2, -0.15) is 4.57 Å². The van der Waals surface area contributed by atoms with Crippen LogP contribution in [-0.4, -0.2) is 0 Å². The molecule has 1 nitrogen and oxygen atoms in total. The van der Waals surface area contributed by atoms with Crippen LogP contribution in [0.25, 0.3) is 0 Å². The van der Waals surface area contributed by atoms with E-state index in [0.29, 0.717) is 0 Å². The largest absolute Gasteiger partial charge is 0.224 e. The minimum Gasteiger partial charge on any atom is -0.195 e. The van der Waals surface area contributed by atoms with Crippen LogP contribution in [0.5, 0.6) is 0 Å². The summed E-state index contributed by atoms with van der Waals surface area (Å²) in [6, 6.07) is 0. The van der Waals surface area contributed by atoms with E-state index in [1.54, 1.807) is 11.3 Å². The van der Waals surface area contributed by atoms with Crippen molar-refractivity contribution in [2.24, 2.45) is 11.8 Å². The maximum Gasteiger partial charge on any atom is 0.224 e.